The van der Waals surface area contributed by atoms with Crippen molar-refractivity contribution in [3.05, 3.63) is 12.2 Å². The van der Waals surface area contributed by atoms with Gasteiger partial charge in [0.05, 0.1) is 0 Å². The minimum atomic E-state index is -5.90. The van der Waals surface area contributed by atoms with E-state index in [-0.39, 0.29) is 23.7 Å². The molecular weight excluding hydrogens is 377 g/mol. The highest BCUT2D eigenvalue weighted by molar-refractivity contribution is 8.43. The Morgan fingerprint density at radius 2 is 1.62 bits per heavy atom. The van der Waals surface area contributed by atoms with E-state index < -0.39 is 43.8 Å². The van der Waals surface area contributed by atoms with Crippen molar-refractivity contribution in [1.82, 2.24) is 0 Å². The van der Waals surface area contributed by atoms with Crippen LogP contribution in [-0.4, -0.2) is 49.9 Å². The van der Waals surface area contributed by atoms with Gasteiger partial charge >= 0.3 is 26.9 Å². The first kappa shape index (κ1) is 20.8. The third-order valence-corrected chi connectivity index (χ3v) is 7.84. The minimum absolute atomic E-state index is 0.124. The third kappa shape index (κ3) is 5.11. The van der Waals surface area contributed by atoms with Crippen LogP contribution in [0.1, 0.15) is 19.8 Å². The van der Waals surface area contributed by atoms with Crippen molar-refractivity contribution < 1.29 is 44.3 Å². The molecule has 1 saturated heterocycles. The van der Waals surface area contributed by atoms with Gasteiger partial charge in [-0.25, -0.2) is 13.2 Å². The van der Waals surface area contributed by atoms with Gasteiger partial charge in [0.15, 0.2) is 0 Å². The van der Waals surface area contributed by atoms with Crippen LogP contribution in [-0.2, 0) is 28.0 Å². The van der Waals surface area contributed by atoms with E-state index in [1.165, 1.54) is 6.92 Å². The molecule has 0 atom stereocenters. The minimum Gasteiger partial charge on any atom is -0.459 e. The lowest BCUT2D eigenvalue weighted by Crippen LogP contribution is -2.31. The Hall–Kier alpha value is -1.27. The van der Waals surface area contributed by atoms with Gasteiger partial charge in [-0.15, -0.1) is 0 Å². The highest BCUT2D eigenvalue weighted by atomic mass is 32.3. The molecule has 0 N–H and O–H groups in total. The van der Waals surface area contributed by atoms with Gasteiger partial charge in [0.1, 0.15) is 13.2 Å². The molecule has 0 amide bonds. The van der Waals surface area contributed by atoms with Crippen molar-refractivity contribution in [3.63, 3.8) is 0 Å². The molecule has 24 heavy (non-hydrogen) atoms. The summed E-state index contributed by atoms with van der Waals surface area (Å²) in [6.07, 6.45) is 0.699. The first-order valence-electron chi connectivity index (χ1n) is 6.72. The van der Waals surface area contributed by atoms with Crippen molar-refractivity contribution in [2.75, 3.05) is 24.7 Å². The molecule has 0 bridgehead atoms. The average molecular weight is 394 g/mol. The number of alkyl halides is 3. The lowest BCUT2D eigenvalue weighted by Gasteiger charge is -2.30. The number of halogens is 3. The van der Waals surface area contributed by atoms with Crippen LogP contribution in [0.25, 0.3) is 0 Å². The molecule has 0 aromatic rings. The van der Waals surface area contributed by atoms with Crippen molar-refractivity contribution in [3.8, 4) is 0 Å². The summed E-state index contributed by atoms with van der Waals surface area (Å²) in [5.41, 5.74) is -5.49. The van der Waals surface area contributed by atoms with E-state index in [1.54, 1.807) is 0 Å². The van der Waals surface area contributed by atoms with Crippen LogP contribution in [0.4, 0.5) is 18.0 Å². The molecule has 0 radical (unpaired) electrons. The maximum Gasteiger partial charge on any atom is 0.523 e. The fourth-order valence-electron chi connectivity index (χ4n) is 1.73. The van der Waals surface area contributed by atoms with Crippen LogP contribution in [0, 0.1) is 0 Å². The molecule has 0 aromatic carbocycles. The maximum absolute atomic E-state index is 12.5. The molecule has 1 aliphatic heterocycles. The topological polar surface area (TPSA) is 96.0 Å². The number of carbonyl (C=O) groups excluding carboxylic acids is 2. The molecular formula is C12H17F3O7S2. The van der Waals surface area contributed by atoms with Crippen molar-refractivity contribution in [2.45, 2.75) is 25.3 Å². The fraction of sp³-hybridized carbons (Fsp3) is 0.667. The Bertz CT molecular complexity index is 607. The quantitative estimate of drug-likeness (QED) is 0.296. The average Bonchev–Trinajstić information content (AvgIpc) is 2.90. The van der Waals surface area contributed by atoms with Gasteiger partial charge < -0.3 is 9.47 Å². The summed E-state index contributed by atoms with van der Waals surface area (Å²) in [6, 6.07) is 0. The lowest BCUT2D eigenvalue weighted by atomic mass is 10.4. The van der Waals surface area contributed by atoms with Crippen LogP contribution in [0.15, 0.2) is 12.2 Å². The zero-order valence-corrected chi connectivity index (χ0v) is 14.4. The lowest BCUT2D eigenvalue weighted by molar-refractivity contribution is -0.139. The van der Waals surface area contributed by atoms with Crippen molar-refractivity contribution in [1.29, 1.82) is 0 Å². The zero-order valence-electron chi connectivity index (χ0n) is 12.8. The molecule has 1 aliphatic rings. The van der Waals surface area contributed by atoms with Gasteiger partial charge in [0, 0.05) is 17.1 Å². The van der Waals surface area contributed by atoms with Crippen LogP contribution in [0.2, 0.25) is 0 Å². The molecule has 1 heterocycles. The van der Waals surface area contributed by atoms with Crippen molar-refractivity contribution >= 4 is 31.7 Å². The number of hydrogen-bond acceptors (Lipinski definition) is 7. The van der Waals surface area contributed by atoms with E-state index in [0.29, 0.717) is 12.8 Å². The Kier molecular flexibility index (Phi) is 6.70. The summed E-state index contributed by atoms with van der Waals surface area (Å²) < 4.78 is 73.5. The standard InChI is InChI=1S/C12H17F3O7S2/c1-9(2)10(16)20-5-6-21-11(17)23(7-3-4-8-23)22-24(18,19)12(13,14)15/h1,3-8H2,2H3. The number of carbonyl (C=O) groups is 2. The molecule has 140 valence electrons. The Morgan fingerprint density at radius 3 is 2.08 bits per heavy atom. The van der Waals surface area contributed by atoms with Gasteiger partial charge in [-0.2, -0.15) is 21.6 Å². The largest absolute Gasteiger partial charge is 0.523 e. The number of esters is 1. The van der Waals surface area contributed by atoms with E-state index in [1.807, 2.05) is 0 Å². The smallest absolute Gasteiger partial charge is 0.459 e. The molecule has 1 fully saturated rings. The highest BCUT2D eigenvalue weighted by Crippen LogP contribution is 2.58. The second kappa shape index (κ2) is 7.74. The maximum atomic E-state index is 12.5. The van der Waals surface area contributed by atoms with Crippen LogP contribution in [0.5, 0.6) is 0 Å². The molecule has 0 spiro atoms. The second-order valence-corrected chi connectivity index (χ2v) is 9.60. The molecule has 12 heteroatoms. The number of rotatable bonds is 6. The van der Waals surface area contributed by atoms with Gasteiger partial charge in [0.2, 0.25) is 0 Å². The van der Waals surface area contributed by atoms with Crippen LogP contribution < -0.4 is 0 Å². The van der Waals surface area contributed by atoms with Gasteiger partial charge in [-0.1, -0.05) is 6.58 Å². The normalized spacial score (nSPS) is 18.7. The van der Waals surface area contributed by atoms with Crippen LogP contribution in [0.3, 0.4) is 0 Å². The van der Waals surface area contributed by atoms with E-state index >= 15 is 0 Å². The second-order valence-electron chi connectivity index (χ2n) is 4.91. The van der Waals surface area contributed by atoms with E-state index in [2.05, 4.69) is 14.9 Å². The summed E-state index contributed by atoms with van der Waals surface area (Å²) in [5, 5.41) is -1.15. The van der Waals surface area contributed by atoms with Gasteiger partial charge in [-0.05, 0) is 30.1 Å². The molecule has 7 nitrogen and oxygen atoms in total. The summed E-state index contributed by atoms with van der Waals surface area (Å²) in [5.74, 6) is -0.982. The monoisotopic (exact) mass is 394 g/mol. The van der Waals surface area contributed by atoms with Crippen LogP contribution >= 0.6 is 10.3 Å². The van der Waals surface area contributed by atoms with Gasteiger partial charge in [-0.3, -0.25) is 0 Å². The first-order chi connectivity index (χ1) is 10.9. The predicted molar refractivity (Wildman–Crippen MR) is 79.7 cm³/mol. The predicted octanol–water partition coefficient (Wildman–Crippen LogP) is 2.62. The van der Waals surface area contributed by atoms with E-state index in [9.17, 15) is 31.2 Å². The van der Waals surface area contributed by atoms with E-state index in [0.717, 1.165) is 0 Å². The third-order valence-electron chi connectivity index (χ3n) is 2.89. The van der Waals surface area contributed by atoms with Gasteiger partial charge in [0.25, 0.3) is 0 Å². The molecule has 0 unspecified atom stereocenters. The molecule has 0 saturated carbocycles. The molecule has 0 aliphatic carbocycles. The Balaban J connectivity index is 2.69. The summed E-state index contributed by atoms with van der Waals surface area (Å²) in [7, 11) is -9.13. The van der Waals surface area contributed by atoms with E-state index in [4.69, 9.17) is 4.74 Å². The number of ether oxygens (including phenoxy) is 2. The van der Waals surface area contributed by atoms with Crippen molar-refractivity contribution in [2.24, 2.45) is 0 Å². The SMILES string of the molecule is C=C(C)C(=O)OCCOC(=O)S1(OS(=O)(=O)C(F)(F)F)CCCC1. The molecule has 0 aromatic heterocycles. The Labute approximate surface area is 138 Å². The molecule has 1 rings (SSSR count). The zero-order chi connectivity index (χ0) is 18.6. The summed E-state index contributed by atoms with van der Waals surface area (Å²) in [4.78, 5) is 23.2. The summed E-state index contributed by atoms with van der Waals surface area (Å²) >= 11 is 0. The Morgan fingerprint density at radius 1 is 1.12 bits per heavy atom. The highest BCUT2D eigenvalue weighted by Gasteiger charge is 2.54. The summed E-state index contributed by atoms with van der Waals surface area (Å²) in [6.45, 7) is 3.98. The number of hydrogen-bond donors (Lipinski definition) is 0. The first-order valence-corrected chi connectivity index (χ1v) is 10.0. The fourth-order valence-corrected chi connectivity index (χ4v) is 6.36.